The highest BCUT2D eigenvalue weighted by atomic mass is 16.1. The van der Waals surface area contributed by atoms with Crippen LogP contribution in [0, 0.1) is 6.92 Å². The molecule has 3 nitrogen and oxygen atoms in total. The molecule has 0 bridgehead atoms. The minimum atomic E-state index is 0.000327. The maximum Gasteiger partial charge on any atom is 0.228 e. The van der Waals surface area contributed by atoms with Crippen LogP contribution in [0.4, 0.5) is 5.69 Å². The van der Waals surface area contributed by atoms with Gasteiger partial charge in [0.05, 0.1) is 6.42 Å². The maximum absolute atomic E-state index is 12.1. The zero-order valence-corrected chi connectivity index (χ0v) is 11.3. The standard InChI is InChI=1S/C17H16N2O/c1-12-5-4-6-14(9-12)19-17(20)10-13-11-18-16-8-3-2-7-15(13)16/h2-9,11,18H,10H2,1H3,(H,19,20). The fourth-order valence-electron chi connectivity index (χ4n) is 2.38. The van der Waals surface area contributed by atoms with E-state index < -0.39 is 0 Å². The first-order valence-corrected chi connectivity index (χ1v) is 6.64. The second-order valence-corrected chi connectivity index (χ2v) is 4.95. The molecule has 0 fully saturated rings. The quantitative estimate of drug-likeness (QED) is 0.745. The van der Waals surface area contributed by atoms with Gasteiger partial charge in [-0.1, -0.05) is 30.3 Å². The molecule has 0 spiro atoms. The summed E-state index contributed by atoms with van der Waals surface area (Å²) in [6.45, 7) is 2.01. The monoisotopic (exact) mass is 264 g/mol. The first-order valence-electron chi connectivity index (χ1n) is 6.64. The molecule has 100 valence electrons. The van der Waals surface area contributed by atoms with Gasteiger partial charge in [-0.15, -0.1) is 0 Å². The van der Waals surface area contributed by atoms with Crippen molar-refractivity contribution in [3.63, 3.8) is 0 Å². The summed E-state index contributed by atoms with van der Waals surface area (Å²) in [6, 6.07) is 15.8. The van der Waals surface area contributed by atoms with E-state index in [1.54, 1.807) is 0 Å². The number of hydrogen-bond acceptors (Lipinski definition) is 1. The number of aromatic nitrogens is 1. The topological polar surface area (TPSA) is 44.9 Å². The number of carbonyl (C=O) groups excluding carboxylic acids is 1. The third kappa shape index (κ3) is 2.57. The molecule has 1 aromatic heterocycles. The summed E-state index contributed by atoms with van der Waals surface area (Å²) in [6.07, 6.45) is 2.28. The summed E-state index contributed by atoms with van der Waals surface area (Å²) in [5.41, 5.74) is 4.06. The highest BCUT2D eigenvalue weighted by molar-refractivity contribution is 5.95. The Hall–Kier alpha value is -2.55. The van der Waals surface area contributed by atoms with Crippen LogP contribution >= 0.6 is 0 Å². The van der Waals surface area contributed by atoms with E-state index in [0.717, 1.165) is 27.7 Å². The molecular weight excluding hydrogens is 248 g/mol. The Balaban J connectivity index is 1.76. The van der Waals surface area contributed by atoms with Crippen molar-refractivity contribution in [2.24, 2.45) is 0 Å². The van der Waals surface area contributed by atoms with Gasteiger partial charge in [-0.3, -0.25) is 4.79 Å². The predicted octanol–water partition coefficient (Wildman–Crippen LogP) is 3.66. The van der Waals surface area contributed by atoms with Crippen LogP contribution in [0.5, 0.6) is 0 Å². The van der Waals surface area contributed by atoms with E-state index >= 15 is 0 Å². The SMILES string of the molecule is Cc1cccc(NC(=O)Cc2c[nH]c3ccccc23)c1. The third-order valence-corrected chi connectivity index (χ3v) is 3.33. The number of benzene rings is 2. The molecule has 0 aliphatic rings. The molecule has 0 atom stereocenters. The van der Waals surface area contributed by atoms with Crippen molar-refractivity contribution in [1.29, 1.82) is 0 Å². The fourth-order valence-corrected chi connectivity index (χ4v) is 2.38. The average molecular weight is 264 g/mol. The van der Waals surface area contributed by atoms with Crippen LogP contribution < -0.4 is 5.32 Å². The number of nitrogens with one attached hydrogen (secondary N) is 2. The van der Waals surface area contributed by atoms with Crippen LogP contribution in [0.2, 0.25) is 0 Å². The number of rotatable bonds is 3. The molecule has 1 heterocycles. The number of aryl methyl sites for hydroxylation is 1. The normalized spacial score (nSPS) is 10.7. The van der Waals surface area contributed by atoms with Crippen LogP contribution in [0.1, 0.15) is 11.1 Å². The number of amides is 1. The molecule has 3 aromatic rings. The lowest BCUT2D eigenvalue weighted by Gasteiger charge is -2.05. The Bertz CT molecular complexity index is 758. The highest BCUT2D eigenvalue weighted by Gasteiger charge is 2.08. The number of para-hydroxylation sites is 1. The molecule has 2 N–H and O–H groups in total. The number of hydrogen-bond donors (Lipinski definition) is 2. The molecule has 2 aromatic carbocycles. The molecule has 0 saturated carbocycles. The van der Waals surface area contributed by atoms with E-state index in [-0.39, 0.29) is 5.91 Å². The molecule has 1 amide bonds. The molecule has 20 heavy (non-hydrogen) atoms. The molecular formula is C17H16N2O. The van der Waals surface area contributed by atoms with E-state index in [2.05, 4.69) is 10.3 Å². The van der Waals surface area contributed by atoms with Crippen LogP contribution in [-0.4, -0.2) is 10.9 Å². The molecule has 0 radical (unpaired) electrons. The van der Waals surface area contributed by atoms with Crippen molar-refractivity contribution in [2.75, 3.05) is 5.32 Å². The van der Waals surface area contributed by atoms with Crippen molar-refractivity contribution >= 4 is 22.5 Å². The van der Waals surface area contributed by atoms with Crippen molar-refractivity contribution in [2.45, 2.75) is 13.3 Å². The Labute approximate surface area is 117 Å². The van der Waals surface area contributed by atoms with Crippen molar-refractivity contribution in [3.05, 3.63) is 65.9 Å². The number of fused-ring (bicyclic) bond motifs is 1. The lowest BCUT2D eigenvalue weighted by atomic mass is 10.1. The van der Waals surface area contributed by atoms with E-state index in [4.69, 9.17) is 0 Å². The largest absolute Gasteiger partial charge is 0.361 e. The molecule has 3 heteroatoms. The Morgan fingerprint density at radius 3 is 2.85 bits per heavy atom. The van der Waals surface area contributed by atoms with E-state index in [0.29, 0.717) is 6.42 Å². The van der Waals surface area contributed by atoms with Gasteiger partial charge in [0.25, 0.3) is 0 Å². The van der Waals surface area contributed by atoms with Crippen molar-refractivity contribution in [3.8, 4) is 0 Å². The average Bonchev–Trinajstić information content (AvgIpc) is 2.82. The zero-order chi connectivity index (χ0) is 13.9. The van der Waals surface area contributed by atoms with Crippen LogP contribution in [-0.2, 0) is 11.2 Å². The second kappa shape index (κ2) is 5.21. The zero-order valence-electron chi connectivity index (χ0n) is 11.3. The number of H-pyrrole nitrogens is 1. The van der Waals surface area contributed by atoms with Crippen molar-refractivity contribution in [1.82, 2.24) is 4.98 Å². The smallest absolute Gasteiger partial charge is 0.228 e. The van der Waals surface area contributed by atoms with Gasteiger partial charge in [-0.2, -0.15) is 0 Å². The summed E-state index contributed by atoms with van der Waals surface area (Å²) < 4.78 is 0. The minimum absolute atomic E-state index is 0.000327. The Morgan fingerprint density at radius 1 is 1.15 bits per heavy atom. The Morgan fingerprint density at radius 2 is 2.00 bits per heavy atom. The van der Waals surface area contributed by atoms with Gasteiger partial charge >= 0.3 is 0 Å². The number of carbonyl (C=O) groups is 1. The lowest BCUT2D eigenvalue weighted by Crippen LogP contribution is -2.14. The lowest BCUT2D eigenvalue weighted by molar-refractivity contribution is -0.115. The summed E-state index contributed by atoms with van der Waals surface area (Å²) in [7, 11) is 0. The predicted molar refractivity (Wildman–Crippen MR) is 81.8 cm³/mol. The summed E-state index contributed by atoms with van der Waals surface area (Å²) in [5.74, 6) is 0.000327. The first-order chi connectivity index (χ1) is 9.72. The summed E-state index contributed by atoms with van der Waals surface area (Å²) >= 11 is 0. The Kier molecular flexibility index (Phi) is 3.25. The maximum atomic E-state index is 12.1. The number of anilines is 1. The minimum Gasteiger partial charge on any atom is -0.361 e. The van der Waals surface area contributed by atoms with Crippen LogP contribution in [0.15, 0.2) is 54.7 Å². The molecule has 0 aliphatic carbocycles. The van der Waals surface area contributed by atoms with Gasteiger partial charge in [0.1, 0.15) is 0 Å². The van der Waals surface area contributed by atoms with Gasteiger partial charge < -0.3 is 10.3 Å². The van der Waals surface area contributed by atoms with Crippen LogP contribution in [0.3, 0.4) is 0 Å². The van der Waals surface area contributed by atoms with E-state index in [1.165, 1.54) is 0 Å². The van der Waals surface area contributed by atoms with Gasteiger partial charge in [0.15, 0.2) is 0 Å². The van der Waals surface area contributed by atoms with Crippen LogP contribution in [0.25, 0.3) is 10.9 Å². The van der Waals surface area contributed by atoms with Gasteiger partial charge in [0, 0.05) is 22.8 Å². The van der Waals surface area contributed by atoms with Gasteiger partial charge in [-0.25, -0.2) is 0 Å². The number of aromatic amines is 1. The van der Waals surface area contributed by atoms with E-state index in [1.807, 2.05) is 61.7 Å². The summed E-state index contributed by atoms with van der Waals surface area (Å²) in [5, 5.41) is 4.04. The first kappa shape index (κ1) is 12.5. The summed E-state index contributed by atoms with van der Waals surface area (Å²) in [4.78, 5) is 15.3. The van der Waals surface area contributed by atoms with Gasteiger partial charge in [0.2, 0.25) is 5.91 Å². The van der Waals surface area contributed by atoms with Gasteiger partial charge in [-0.05, 0) is 36.2 Å². The molecule has 0 unspecified atom stereocenters. The fraction of sp³-hybridized carbons (Fsp3) is 0.118. The molecule has 3 rings (SSSR count). The molecule has 0 saturated heterocycles. The van der Waals surface area contributed by atoms with E-state index in [9.17, 15) is 4.79 Å². The molecule has 0 aliphatic heterocycles. The highest BCUT2D eigenvalue weighted by Crippen LogP contribution is 2.18. The third-order valence-electron chi connectivity index (χ3n) is 3.33. The van der Waals surface area contributed by atoms with Crippen molar-refractivity contribution < 1.29 is 4.79 Å². The second-order valence-electron chi connectivity index (χ2n) is 4.95.